The molecule has 148 valence electrons. The molecule has 0 spiro atoms. The van der Waals surface area contributed by atoms with Crippen LogP contribution in [0.4, 0.5) is 0 Å². The molecule has 0 aliphatic carbocycles. The average Bonchev–Trinajstić information content (AvgIpc) is 3.08. The van der Waals surface area contributed by atoms with Crippen LogP contribution in [0.25, 0.3) is 33.4 Å². The van der Waals surface area contributed by atoms with E-state index >= 15 is 0 Å². The lowest BCUT2D eigenvalue weighted by atomic mass is 10.00. The molecule has 0 radical (unpaired) electrons. The molecule has 4 rings (SSSR count). The van der Waals surface area contributed by atoms with Gasteiger partial charge in [-0.15, -0.1) is 0 Å². The van der Waals surface area contributed by atoms with Gasteiger partial charge in [-0.05, 0) is 66.9 Å². The highest BCUT2D eigenvalue weighted by Gasteiger charge is 2.16. The van der Waals surface area contributed by atoms with Crippen LogP contribution in [0.2, 0.25) is 0 Å². The Hall–Kier alpha value is -3.25. The third kappa shape index (κ3) is 3.84. The van der Waals surface area contributed by atoms with Gasteiger partial charge in [-0.1, -0.05) is 6.92 Å². The fraction of sp³-hybridized carbons (Fsp3) is 0.261. The normalized spacial score (nSPS) is 11.1. The van der Waals surface area contributed by atoms with Crippen molar-refractivity contribution in [3.63, 3.8) is 0 Å². The SMILES string of the molecule is CCCn1nc2nc(-c3ccc(OCCO)cc3)cc(-c3ccncc3)c2c1C. The molecule has 6 nitrogen and oxygen atoms in total. The van der Waals surface area contributed by atoms with Gasteiger partial charge in [0.2, 0.25) is 0 Å². The summed E-state index contributed by atoms with van der Waals surface area (Å²) < 4.78 is 7.50. The Balaban J connectivity index is 1.85. The van der Waals surface area contributed by atoms with E-state index in [9.17, 15) is 0 Å². The molecule has 0 amide bonds. The number of aliphatic hydroxyl groups excluding tert-OH is 1. The molecule has 3 heterocycles. The molecule has 1 aromatic carbocycles. The molecule has 3 aromatic heterocycles. The van der Waals surface area contributed by atoms with Gasteiger partial charge < -0.3 is 9.84 Å². The number of fused-ring (bicyclic) bond motifs is 1. The van der Waals surface area contributed by atoms with Crippen molar-refractivity contribution in [2.24, 2.45) is 0 Å². The Kier molecular flexibility index (Phi) is 5.53. The van der Waals surface area contributed by atoms with Gasteiger partial charge in [-0.3, -0.25) is 9.67 Å². The molecular formula is C23H24N4O2. The zero-order valence-electron chi connectivity index (χ0n) is 16.7. The van der Waals surface area contributed by atoms with Crippen molar-refractivity contribution in [2.75, 3.05) is 13.2 Å². The average molecular weight is 388 g/mol. The monoisotopic (exact) mass is 388 g/mol. The molecule has 0 saturated heterocycles. The number of hydrogen-bond acceptors (Lipinski definition) is 5. The minimum absolute atomic E-state index is 0.00492. The van der Waals surface area contributed by atoms with Gasteiger partial charge in [0.15, 0.2) is 5.65 Å². The van der Waals surface area contributed by atoms with Crippen molar-refractivity contribution in [2.45, 2.75) is 26.8 Å². The van der Waals surface area contributed by atoms with Crippen LogP contribution < -0.4 is 4.74 Å². The zero-order chi connectivity index (χ0) is 20.2. The number of benzene rings is 1. The van der Waals surface area contributed by atoms with E-state index in [1.807, 2.05) is 41.1 Å². The Bertz CT molecular complexity index is 1110. The fourth-order valence-corrected chi connectivity index (χ4v) is 3.50. The molecule has 0 bridgehead atoms. The van der Waals surface area contributed by atoms with Crippen LogP contribution in [0, 0.1) is 6.92 Å². The van der Waals surface area contributed by atoms with Crippen molar-refractivity contribution in [3.8, 4) is 28.1 Å². The van der Waals surface area contributed by atoms with Crippen molar-refractivity contribution < 1.29 is 9.84 Å². The highest BCUT2D eigenvalue weighted by molar-refractivity contribution is 5.96. The largest absolute Gasteiger partial charge is 0.491 e. The number of aryl methyl sites for hydroxylation is 2. The van der Waals surface area contributed by atoms with Crippen molar-refractivity contribution in [3.05, 3.63) is 60.6 Å². The number of ether oxygens (including phenoxy) is 1. The maximum absolute atomic E-state index is 8.91. The zero-order valence-corrected chi connectivity index (χ0v) is 16.7. The second-order valence-electron chi connectivity index (χ2n) is 6.89. The number of pyridine rings is 2. The first kappa shape index (κ1) is 19.1. The lowest BCUT2D eigenvalue weighted by Crippen LogP contribution is -2.01. The molecule has 0 aliphatic rings. The minimum atomic E-state index is -0.00492. The lowest BCUT2D eigenvalue weighted by Gasteiger charge is -2.09. The Labute approximate surface area is 169 Å². The van der Waals surface area contributed by atoms with Gasteiger partial charge in [-0.2, -0.15) is 5.10 Å². The quantitative estimate of drug-likeness (QED) is 0.512. The molecule has 0 unspecified atom stereocenters. The van der Waals surface area contributed by atoms with E-state index in [4.69, 9.17) is 19.9 Å². The third-order valence-electron chi connectivity index (χ3n) is 4.90. The number of rotatable bonds is 7. The van der Waals surface area contributed by atoms with Crippen LogP contribution in [-0.4, -0.2) is 38.1 Å². The molecule has 0 saturated carbocycles. The second kappa shape index (κ2) is 8.41. The van der Waals surface area contributed by atoms with Gasteiger partial charge in [0.05, 0.1) is 12.3 Å². The van der Waals surface area contributed by atoms with Crippen LogP contribution in [0.15, 0.2) is 54.9 Å². The Morgan fingerprint density at radius 1 is 1.03 bits per heavy atom. The van der Waals surface area contributed by atoms with Crippen LogP contribution in [0.5, 0.6) is 5.75 Å². The predicted octanol–water partition coefficient (Wildman–Crippen LogP) is 4.25. The third-order valence-corrected chi connectivity index (χ3v) is 4.90. The van der Waals surface area contributed by atoms with Crippen molar-refractivity contribution >= 4 is 11.0 Å². The van der Waals surface area contributed by atoms with E-state index in [0.29, 0.717) is 0 Å². The predicted molar refractivity (Wildman–Crippen MR) is 114 cm³/mol. The van der Waals surface area contributed by atoms with E-state index in [1.165, 1.54) is 0 Å². The topological polar surface area (TPSA) is 73.1 Å². The van der Waals surface area contributed by atoms with E-state index in [-0.39, 0.29) is 13.2 Å². The van der Waals surface area contributed by atoms with E-state index < -0.39 is 0 Å². The number of aromatic nitrogens is 4. The standard InChI is InChI=1S/C23H24N4O2/c1-3-12-27-16(2)22-20(17-8-10-24-11-9-17)15-21(25-23(22)26-27)18-4-6-19(7-5-18)29-14-13-28/h4-11,15,28H,3,12-14H2,1-2H3. The molecule has 29 heavy (non-hydrogen) atoms. The Morgan fingerprint density at radius 2 is 1.79 bits per heavy atom. The molecule has 0 fully saturated rings. The van der Waals surface area contributed by atoms with E-state index in [2.05, 4.69) is 24.9 Å². The minimum Gasteiger partial charge on any atom is -0.491 e. The van der Waals surface area contributed by atoms with Gasteiger partial charge in [0.25, 0.3) is 0 Å². The van der Waals surface area contributed by atoms with Gasteiger partial charge >= 0.3 is 0 Å². The van der Waals surface area contributed by atoms with Crippen molar-refractivity contribution in [1.82, 2.24) is 19.7 Å². The highest BCUT2D eigenvalue weighted by Crippen LogP contribution is 2.34. The van der Waals surface area contributed by atoms with Crippen LogP contribution in [0.1, 0.15) is 19.0 Å². The van der Waals surface area contributed by atoms with E-state index in [1.54, 1.807) is 12.4 Å². The van der Waals surface area contributed by atoms with Crippen LogP contribution in [0.3, 0.4) is 0 Å². The fourth-order valence-electron chi connectivity index (χ4n) is 3.50. The summed E-state index contributed by atoms with van der Waals surface area (Å²) in [5.74, 6) is 0.723. The van der Waals surface area contributed by atoms with E-state index in [0.717, 1.165) is 57.8 Å². The molecule has 4 aromatic rings. The second-order valence-corrected chi connectivity index (χ2v) is 6.89. The lowest BCUT2D eigenvalue weighted by molar-refractivity contribution is 0.201. The summed E-state index contributed by atoms with van der Waals surface area (Å²) in [6.07, 6.45) is 4.63. The van der Waals surface area contributed by atoms with Crippen molar-refractivity contribution in [1.29, 1.82) is 0 Å². The number of nitrogens with zero attached hydrogens (tertiary/aromatic N) is 4. The summed E-state index contributed by atoms with van der Waals surface area (Å²) in [5.41, 5.74) is 5.92. The van der Waals surface area contributed by atoms with Gasteiger partial charge in [0.1, 0.15) is 12.4 Å². The molecule has 0 atom stereocenters. The first-order valence-electron chi connectivity index (χ1n) is 9.84. The molecular weight excluding hydrogens is 364 g/mol. The summed E-state index contributed by atoms with van der Waals surface area (Å²) >= 11 is 0. The van der Waals surface area contributed by atoms with Crippen LogP contribution in [-0.2, 0) is 6.54 Å². The number of aliphatic hydroxyl groups is 1. The first-order valence-corrected chi connectivity index (χ1v) is 9.84. The molecule has 0 aliphatic heterocycles. The summed E-state index contributed by atoms with van der Waals surface area (Å²) in [5, 5.41) is 14.8. The Morgan fingerprint density at radius 3 is 2.48 bits per heavy atom. The molecule has 1 N–H and O–H groups in total. The number of hydrogen-bond donors (Lipinski definition) is 1. The van der Waals surface area contributed by atoms with Gasteiger partial charge in [0, 0.05) is 35.6 Å². The van der Waals surface area contributed by atoms with Gasteiger partial charge in [-0.25, -0.2) is 4.98 Å². The molecule has 6 heteroatoms. The highest BCUT2D eigenvalue weighted by atomic mass is 16.5. The maximum Gasteiger partial charge on any atom is 0.182 e. The smallest absolute Gasteiger partial charge is 0.182 e. The summed E-state index contributed by atoms with van der Waals surface area (Å²) in [7, 11) is 0. The summed E-state index contributed by atoms with van der Waals surface area (Å²) in [6.45, 7) is 5.39. The van der Waals surface area contributed by atoms with Crippen LogP contribution >= 0.6 is 0 Å². The summed E-state index contributed by atoms with van der Waals surface area (Å²) in [6, 6.07) is 13.9. The summed E-state index contributed by atoms with van der Waals surface area (Å²) in [4.78, 5) is 9.01. The first-order chi connectivity index (χ1) is 14.2. The maximum atomic E-state index is 8.91.